The van der Waals surface area contributed by atoms with E-state index in [2.05, 4.69) is 16.0 Å². The number of halogens is 3. The maximum absolute atomic E-state index is 12.8. The molecule has 1 aliphatic rings. The van der Waals surface area contributed by atoms with E-state index < -0.39 is 11.9 Å². The average Bonchev–Trinajstić information content (AvgIpc) is 3.05. The Kier molecular flexibility index (Phi) is 5.42. The van der Waals surface area contributed by atoms with Gasteiger partial charge in [0, 0.05) is 32.3 Å². The monoisotopic (exact) mass is 378 g/mol. The highest BCUT2D eigenvalue weighted by molar-refractivity contribution is 5.45. The Labute approximate surface area is 156 Å². The molecule has 0 saturated carbocycles. The number of aromatic nitrogens is 2. The normalized spacial score (nSPS) is 16.9. The van der Waals surface area contributed by atoms with E-state index in [9.17, 15) is 18.4 Å². The van der Waals surface area contributed by atoms with Crippen molar-refractivity contribution in [1.29, 1.82) is 5.26 Å². The number of benzene rings is 1. The van der Waals surface area contributed by atoms with Crippen LogP contribution in [0.2, 0.25) is 0 Å². The molecule has 3 rings (SSSR count). The van der Waals surface area contributed by atoms with Crippen LogP contribution in [0, 0.1) is 17.2 Å². The summed E-state index contributed by atoms with van der Waals surface area (Å²) in [5.41, 5.74) is 0.672. The van der Waals surface area contributed by atoms with Gasteiger partial charge < -0.3 is 14.2 Å². The fourth-order valence-electron chi connectivity index (χ4n) is 3.56. The first-order valence-corrected chi connectivity index (χ1v) is 8.69. The van der Waals surface area contributed by atoms with E-state index >= 15 is 0 Å². The van der Waals surface area contributed by atoms with Gasteiger partial charge in [0.1, 0.15) is 17.6 Å². The fraction of sp³-hybridized carbons (Fsp3) is 0.474. The molecule has 1 atom stereocenters. The van der Waals surface area contributed by atoms with Crippen LogP contribution in [0.4, 0.5) is 13.2 Å². The smallest absolute Gasteiger partial charge is 0.434 e. The van der Waals surface area contributed by atoms with Crippen LogP contribution in [0.1, 0.15) is 29.1 Å². The summed E-state index contributed by atoms with van der Waals surface area (Å²) in [5, 5.41) is 9.19. The molecule has 0 unspecified atom stereocenters. The predicted octanol–water partition coefficient (Wildman–Crippen LogP) is 3.48. The van der Waals surface area contributed by atoms with E-state index in [1.807, 2.05) is 13.1 Å². The number of nitriles is 1. The molecule has 0 aliphatic carbocycles. The minimum Gasteiger partial charge on any atom is -0.495 e. The van der Waals surface area contributed by atoms with Gasteiger partial charge in [-0.15, -0.1) is 0 Å². The van der Waals surface area contributed by atoms with Crippen molar-refractivity contribution in [2.24, 2.45) is 5.92 Å². The van der Waals surface area contributed by atoms with Crippen LogP contribution in [0.3, 0.4) is 0 Å². The molecule has 1 aromatic heterocycles. The first-order chi connectivity index (χ1) is 12.8. The molecule has 0 N–H and O–H groups in total. The van der Waals surface area contributed by atoms with E-state index in [-0.39, 0.29) is 5.92 Å². The van der Waals surface area contributed by atoms with Gasteiger partial charge in [0.25, 0.3) is 0 Å². The Morgan fingerprint density at radius 3 is 2.85 bits per heavy atom. The minimum absolute atomic E-state index is 0.256. The molecule has 5 nitrogen and oxygen atoms in total. The highest BCUT2D eigenvalue weighted by Gasteiger charge is 2.35. The van der Waals surface area contributed by atoms with Crippen LogP contribution >= 0.6 is 0 Å². The van der Waals surface area contributed by atoms with Gasteiger partial charge in [-0.1, -0.05) is 6.07 Å². The average molecular weight is 378 g/mol. The number of aryl methyl sites for hydroxylation is 1. The van der Waals surface area contributed by atoms with Gasteiger partial charge in [0.15, 0.2) is 5.69 Å². The van der Waals surface area contributed by atoms with Crippen molar-refractivity contribution >= 4 is 0 Å². The van der Waals surface area contributed by atoms with E-state index in [1.165, 1.54) is 7.11 Å². The lowest BCUT2D eigenvalue weighted by atomic mass is 9.98. The Hall–Kier alpha value is -2.53. The summed E-state index contributed by atoms with van der Waals surface area (Å²) >= 11 is 0. The molecule has 0 saturated heterocycles. The van der Waals surface area contributed by atoms with Crippen LogP contribution in [0.25, 0.3) is 0 Å². The third kappa shape index (κ3) is 4.42. The van der Waals surface area contributed by atoms with Crippen molar-refractivity contribution in [2.45, 2.75) is 32.1 Å². The molecule has 144 valence electrons. The highest BCUT2D eigenvalue weighted by atomic mass is 19.4. The number of ether oxygens (including phenoxy) is 1. The van der Waals surface area contributed by atoms with Crippen LogP contribution in [-0.2, 0) is 25.7 Å². The van der Waals surface area contributed by atoms with Crippen LogP contribution < -0.4 is 4.74 Å². The SMILES string of the molecule is COc1ccc(CN(C)C[C@H]2CCc3nc(C(F)(F)F)cn3C2)cc1C#N. The number of imidazole rings is 1. The molecule has 0 spiro atoms. The molecule has 0 radical (unpaired) electrons. The third-order valence-corrected chi connectivity index (χ3v) is 4.79. The number of alkyl halides is 3. The zero-order valence-electron chi connectivity index (χ0n) is 15.3. The lowest BCUT2D eigenvalue weighted by molar-refractivity contribution is -0.141. The number of rotatable bonds is 5. The molecule has 0 fully saturated rings. The molecule has 0 bridgehead atoms. The third-order valence-electron chi connectivity index (χ3n) is 4.79. The van der Waals surface area contributed by atoms with Gasteiger partial charge in [-0.25, -0.2) is 4.98 Å². The minimum atomic E-state index is -4.40. The summed E-state index contributed by atoms with van der Waals surface area (Å²) in [7, 11) is 3.50. The lowest BCUT2D eigenvalue weighted by Crippen LogP contribution is -2.31. The molecule has 0 amide bonds. The highest BCUT2D eigenvalue weighted by Crippen LogP contribution is 2.31. The van der Waals surface area contributed by atoms with Crippen molar-refractivity contribution in [1.82, 2.24) is 14.5 Å². The molecule has 8 heteroatoms. The van der Waals surface area contributed by atoms with Gasteiger partial charge in [0.05, 0.1) is 12.7 Å². The topological polar surface area (TPSA) is 54.1 Å². The van der Waals surface area contributed by atoms with E-state index in [4.69, 9.17) is 4.74 Å². The molecule has 1 aromatic carbocycles. The largest absolute Gasteiger partial charge is 0.495 e. The number of hydrogen-bond acceptors (Lipinski definition) is 4. The Balaban J connectivity index is 1.61. The molecule has 2 heterocycles. The second-order valence-electron chi connectivity index (χ2n) is 6.94. The predicted molar refractivity (Wildman–Crippen MR) is 93.1 cm³/mol. The first kappa shape index (κ1) is 19.2. The second-order valence-corrected chi connectivity index (χ2v) is 6.94. The van der Waals surface area contributed by atoms with E-state index in [1.54, 1.807) is 16.7 Å². The van der Waals surface area contributed by atoms with Gasteiger partial charge >= 0.3 is 6.18 Å². The van der Waals surface area contributed by atoms with Gasteiger partial charge in [-0.05, 0) is 37.1 Å². The second kappa shape index (κ2) is 7.61. The Bertz CT molecular complexity index is 854. The quantitative estimate of drug-likeness (QED) is 0.799. The van der Waals surface area contributed by atoms with Crippen LogP contribution in [0.5, 0.6) is 5.75 Å². The first-order valence-electron chi connectivity index (χ1n) is 8.69. The summed E-state index contributed by atoms with van der Waals surface area (Å²) in [4.78, 5) is 5.85. The lowest BCUT2D eigenvalue weighted by Gasteiger charge is -2.28. The van der Waals surface area contributed by atoms with E-state index in [0.29, 0.717) is 36.6 Å². The number of nitrogens with zero attached hydrogens (tertiary/aromatic N) is 4. The Morgan fingerprint density at radius 1 is 1.41 bits per heavy atom. The molecular weight excluding hydrogens is 357 g/mol. The molecule has 1 aliphatic heterocycles. The molecule has 2 aromatic rings. The number of methoxy groups -OCH3 is 1. The summed E-state index contributed by atoms with van der Waals surface area (Å²) < 4.78 is 45.3. The van der Waals surface area contributed by atoms with Gasteiger partial charge in [-0.2, -0.15) is 18.4 Å². The fourth-order valence-corrected chi connectivity index (χ4v) is 3.56. The van der Waals surface area contributed by atoms with Crippen molar-refractivity contribution in [3.8, 4) is 11.8 Å². The van der Waals surface area contributed by atoms with Crippen molar-refractivity contribution < 1.29 is 17.9 Å². The molecular formula is C19H21F3N4O. The standard InChI is InChI=1S/C19H21F3N4O/c1-25(9-13-3-5-16(27-2)15(7-13)8-23)10-14-4-6-18-24-17(19(20,21)22)12-26(18)11-14/h3,5,7,12,14H,4,6,9-11H2,1-2H3/t14-/m1/s1. The van der Waals surface area contributed by atoms with Crippen molar-refractivity contribution in [3.63, 3.8) is 0 Å². The summed E-state index contributed by atoms with van der Waals surface area (Å²) in [6.45, 7) is 1.95. The van der Waals surface area contributed by atoms with Crippen molar-refractivity contribution in [2.75, 3.05) is 20.7 Å². The van der Waals surface area contributed by atoms with E-state index in [0.717, 1.165) is 24.7 Å². The maximum Gasteiger partial charge on any atom is 0.434 e. The summed E-state index contributed by atoms with van der Waals surface area (Å²) in [6.07, 6.45) is -1.92. The molecule has 27 heavy (non-hydrogen) atoms. The number of fused-ring (bicyclic) bond motifs is 1. The maximum atomic E-state index is 12.8. The zero-order valence-corrected chi connectivity index (χ0v) is 15.3. The van der Waals surface area contributed by atoms with Gasteiger partial charge in [-0.3, -0.25) is 0 Å². The summed E-state index contributed by atoms with van der Waals surface area (Å²) in [6, 6.07) is 7.62. The van der Waals surface area contributed by atoms with Crippen LogP contribution in [-0.4, -0.2) is 35.2 Å². The zero-order chi connectivity index (χ0) is 19.6. The summed E-state index contributed by atoms with van der Waals surface area (Å²) in [5.74, 6) is 1.31. The van der Waals surface area contributed by atoms with Crippen LogP contribution in [0.15, 0.2) is 24.4 Å². The van der Waals surface area contributed by atoms with Gasteiger partial charge in [0.2, 0.25) is 0 Å². The Morgan fingerprint density at radius 2 is 2.19 bits per heavy atom. The number of hydrogen-bond donors (Lipinski definition) is 0. The van der Waals surface area contributed by atoms with Crippen molar-refractivity contribution in [3.05, 3.63) is 47.0 Å².